The molecule has 0 fully saturated rings. The molecule has 4 rings (SSSR count). The van der Waals surface area contributed by atoms with E-state index in [9.17, 15) is 4.79 Å². The SMILES string of the molecule is C=CCC(C)=O.[Ru].c1ccc(-c2ccccn2)cc1.c1ccc(-c2ccccn2)cc1. The molecule has 0 atom stereocenters. The Bertz CT molecular complexity index is 842. The second kappa shape index (κ2) is 15.6. The molecule has 0 bridgehead atoms. The summed E-state index contributed by atoms with van der Waals surface area (Å²) in [5, 5.41) is 0. The zero-order valence-electron chi connectivity index (χ0n) is 17.5. The molecule has 2 heterocycles. The van der Waals surface area contributed by atoms with E-state index in [2.05, 4.69) is 40.8 Å². The van der Waals surface area contributed by atoms with Crippen molar-refractivity contribution in [1.29, 1.82) is 0 Å². The summed E-state index contributed by atoms with van der Waals surface area (Å²) in [6.45, 7) is 4.92. The first-order valence-corrected chi connectivity index (χ1v) is 9.74. The molecule has 0 saturated heterocycles. The number of rotatable bonds is 4. The van der Waals surface area contributed by atoms with Crippen molar-refractivity contribution in [3.63, 3.8) is 0 Å². The molecule has 0 unspecified atom stereocenters. The number of allylic oxidation sites excluding steroid dienone is 1. The fraction of sp³-hybridized carbons (Fsp3) is 0.0741. The number of pyridine rings is 2. The largest absolute Gasteiger partial charge is 0.300 e. The molecule has 3 nitrogen and oxygen atoms in total. The maximum atomic E-state index is 9.97. The van der Waals surface area contributed by atoms with Crippen LogP contribution in [-0.4, -0.2) is 15.8 Å². The predicted molar refractivity (Wildman–Crippen MR) is 125 cm³/mol. The first kappa shape index (κ1) is 25.8. The van der Waals surface area contributed by atoms with E-state index in [1.807, 2.05) is 85.2 Å². The minimum atomic E-state index is 0. The molecule has 0 aliphatic rings. The molecule has 4 aromatic rings. The fourth-order valence-corrected chi connectivity index (χ4v) is 2.49. The molecular weight excluding hydrogens is 469 g/mol. The summed E-state index contributed by atoms with van der Waals surface area (Å²) in [4.78, 5) is 18.5. The van der Waals surface area contributed by atoms with Crippen LogP contribution in [-0.2, 0) is 24.3 Å². The Balaban J connectivity index is 0.000000243. The van der Waals surface area contributed by atoms with Gasteiger partial charge in [-0.25, -0.2) is 0 Å². The van der Waals surface area contributed by atoms with Gasteiger partial charge in [0.1, 0.15) is 5.78 Å². The van der Waals surface area contributed by atoms with Crippen molar-refractivity contribution in [1.82, 2.24) is 9.97 Å². The maximum Gasteiger partial charge on any atom is 0.133 e. The van der Waals surface area contributed by atoms with Gasteiger partial charge < -0.3 is 0 Å². The Labute approximate surface area is 197 Å². The summed E-state index contributed by atoms with van der Waals surface area (Å²) in [5.41, 5.74) is 4.38. The molecule has 0 aliphatic carbocycles. The minimum absolute atomic E-state index is 0. The summed E-state index contributed by atoms with van der Waals surface area (Å²) in [7, 11) is 0. The van der Waals surface area contributed by atoms with Crippen LogP contribution in [0.15, 0.2) is 122 Å². The number of Topliss-reactive ketones (excluding diaryl/α,β-unsaturated/α-hetero) is 1. The summed E-state index contributed by atoms with van der Waals surface area (Å²) >= 11 is 0. The predicted octanol–water partition coefficient (Wildman–Crippen LogP) is 6.65. The van der Waals surface area contributed by atoms with Crippen LogP contribution in [0.25, 0.3) is 22.5 Å². The number of benzene rings is 2. The molecule has 0 amide bonds. The van der Waals surface area contributed by atoms with Gasteiger partial charge in [-0.15, -0.1) is 6.58 Å². The van der Waals surface area contributed by atoms with Crippen LogP contribution in [0.1, 0.15) is 13.3 Å². The monoisotopic (exact) mass is 496 g/mol. The van der Waals surface area contributed by atoms with Crippen LogP contribution in [0.2, 0.25) is 0 Å². The molecule has 0 saturated carbocycles. The van der Waals surface area contributed by atoms with Gasteiger partial charge in [0.2, 0.25) is 0 Å². The zero-order valence-corrected chi connectivity index (χ0v) is 19.3. The normalized spacial score (nSPS) is 8.94. The van der Waals surface area contributed by atoms with Gasteiger partial charge in [-0.1, -0.05) is 78.9 Å². The van der Waals surface area contributed by atoms with Gasteiger partial charge in [-0.05, 0) is 31.2 Å². The number of aromatic nitrogens is 2. The maximum absolute atomic E-state index is 9.97. The van der Waals surface area contributed by atoms with Gasteiger partial charge in [0.25, 0.3) is 0 Å². The van der Waals surface area contributed by atoms with Crippen LogP contribution >= 0.6 is 0 Å². The molecule has 31 heavy (non-hydrogen) atoms. The van der Waals surface area contributed by atoms with E-state index in [1.54, 1.807) is 13.0 Å². The third kappa shape index (κ3) is 10.4. The quantitative estimate of drug-likeness (QED) is 0.235. The van der Waals surface area contributed by atoms with Crippen molar-refractivity contribution in [3.05, 3.63) is 122 Å². The summed E-state index contributed by atoms with van der Waals surface area (Å²) < 4.78 is 0. The van der Waals surface area contributed by atoms with Gasteiger partial charge in [-0.3, -0.25) is 14.8 Å². The number of ketones is 1. The van der Waals surface area contributed by atoms with Gasteiger partial charge in [-0.2, -0.15) is 0 Å². The number of carbonyl (C=O) groups is 1. The van der Waals surface area contributed by atoms with E-state index in [0.29, 0.717) is 6.42 Å². The molecule has 2 aromatic carbocycles. The summed E-state index contributed by atoms with van der Waals surface area (Å²) in [5.74, 6) is 0.171. The second-order valence-electron chi connectivity index (χ2n) is 6.36. The summed E-state index contributed by atoms with van der Waals surface area (Å²) in [6.07, 6.45) is 5.72. The van der Waals surface area contributed by atoms with Gasteiger partial charge >= 0.3 is 0 Å². The fourth-order valence-electron chi connectivity index (χ4n) is 2.49. The van der Waals surface area contributed by atoms with Crippen LogP contribution < -0.4 is 0 Å². The first-order chi connectivity index (χ1) is 14.7. The van der Waals surface area contributed by atoms with Gasteiger partial charge in [0.05, 0.1) is 11.4 Å². The van der Waals surface area contributed by atoms with Crippen molar-refractivity contribution in [2.45, 2.75) is 13.3 Å². The zero-order chi connectivity index (χ0) is 21.4. The Hall–Kier alpha value is -3.23. The van der Waals surface area contributed by atoms with E-state index < -0.39 is 0 Å². The third-order valence-corrected chi connectivity index (χ3v) is 3.90. The molecule has 2 aromatic heterocycles. The Morgan fingerprint density at radius 3 is 1.35 bits per heavy atom. The molecule has 4 heteroatoms. The minimum Gasteiger partial charge on any atom is -0.300 e. The second-order valence-corrected chi connectivity index (χ2v) is 6.36. The molecule has 0 aliphatic heterocycles. The van der Waals surface area contributed by atoms with E-state index >= 15 is 0 Å². The van der Waals surface area contributed by atoms with Crippen LogP contribution in [0, 0.1) is 0 Å². The van der Waals surface area contributed by atoms with Crippen molar-refractivity contribution in [2.24, 2.45) is 0 Å². The number of carbonyl (C=O) groups excluding carboxylic acids is 1. The van der Waals surface area contributed by atoms with E-state index in [0.717, 1.165) is 22.5 Å². The van der Waals surface area contributed by atoms with Gasteiger partial charge in [0, 0.05) is 49.4 Å². The standard InChI is InChI=1S/2C11H9N.C5H8O.Ru/c2*1-2-6-10(7-3-1)11-8-4-5-9-12-11;1-3-4-5(2)6;/h2*1-9H;3H,1,4H2,2H3;. The molecule has 0 N–H and O–H groups in total. The molecule has 0 spiro atoms. The molecular formula is C27H26N2ORu. The van der Waals surface area contributed by atoms with Gasteiger partial charge in [0.15, 0.2) is 0 Å². The van der Waals surface area contributed by atoms with Crippen LogP contribution in [0.5, 0.6) is 0 Å². The van der Waals surface area contributed by atoms with Crippen LogP contribution in [0.3, 0.4) is 0 Å². The Kier molecular flexibility index (Phi) is 13.0. The van der Waals surface area contributed by atoms with E-state index in [4.69, 9.17) is 0 Å². The summed E-state index contributed by atoms with van der Waals surface area (Å²) in [6, 6.07) is 32.2. The van der Waals surface area contributed by atoms with Crippen molar-refractivity contribution in [3.8, 4) is 22.5 Å². The van der Waals surface area contributed by atoms with Crippen molar-refractivity contribution in [2.75, 3.05) is 0 Å². The molecule has 158 valence electrons. The average molecular weight is 496 g/mol. The average Bonchev–Trinajstić information content (AvgIpc) is 2.82. The van der Waals surface area contributed by atoms with E-state index in [-0.39, 0.29) is 25.3 Å². The van der Waals surface area contributed by atoms with Crippen molar-refractivity contribution >= 4 is 5.78 Å². The van der Waals surface area contributed by atoms with Crippen molar-refractivity contribution < 1.29 is 24.3 Å². The third-order valence-electron chi connectivity index (χ3n) is 3.90. The van der Waals surface area contributed by atoms with Crippen LogP contribution in [0.4, 0.5) is 0 Å². The first-order valence-electron chi connectivity index (χ1n) is 9.74. The number of nitrogens with zero attached hydrogens (tertiary/aromatic N) is 2. The Morgan fingerprint density at radius 2 is 1.10 bits per heavy atom. The topological polar surface area (TPSA) is 42.9 Å². The smallest absolute Gasteiger partial charge is 0.133 e. The van der Waals surface area contributed by atoms with E-state index in [1.165, 1.54) is 0 Å². The Morgan fingerprint density at radius 1 is 0.710 bits per heavy atom. The number of hydrogen-bond donors (Lipinski definition) is 0. The number of hydrogen-bond acceptors (Lipinski definition) is 3. The molecule has 0 radical (unpaired) electrons.